The molecule has 0 aliphatic carbocycles. The number of rotatable bonds is 5. The first-order chi connectivity index (χ1) is 8.37. The Morgan fingerprint density at radius 3 is 2.56 bits per heavy atom. The van der Waals surface area contributed by atoms with E-state index < -0.39 is 5.60 Å². The zero-order valence-corrected chi connectivity index (χ0v) is 11.9. The monoisotopic (exact) mass is 257 g/mol. The van der Waals surface area contributed by atoms with Gasteiger partial charge in [0.25, 0.3) is 0 Å². The summed E-state index contributed by atoms with van der Waals surface area (Å²) >= 11 is 0. The van der Waals surface area contributed by atoms with E-state index in [4.69, 9.17) is 10.5 Å². The highest BCUT2D eigenvalue weighted by atomic mass is 16.6. The normalized spacial score (nSPS) is 18.7. The van der Waals surface area contributed by atoms with E-state index in [9.17, 15) is 4.79 Å². The van der Waals surface area contributed by atoms with Gasteiger partial charge in [0.1, 0.15) is 5.60 Å². The zero-order valence-electron chi connectivity index (χ0n) is 11.9. The van der Waals surface area contributed by atoms with Crippen LogP contribution in [0, 0.1) is 0 Å². The first-order valence-corrected chi connectivity index (χ1v) is 6.81. The molecule has 106 valence electrons. The van der Waals surface area contributed by atoms with Crippen LogP contribution in [-0.2, 0) is 4.74 Å². The Morgan fingerprint density at radius 1 is 1.39 bits per heavy atom. The molecule has 0 aromatic rings. The summed E-state index contributed by atoms with van der Waals surface area (Å²) < 4.78 is 5.15. The van der Waals surface area contributed by atoms with Crippen LogP contribution in [0.5, 0.6) is 0 Å². The molecule has 1 atom stereocenters. The molecule has 1 saturated heterocycles. The van der Waals surface area contributed by atoms with E-state index in [1.807, 2.05) is 20.8 Å². The van der Waals surface area contributed by atoms with Crippen LogP contribution in [0.25, 0.3) is 0 Å². The van der Waals surface area contributed by atoms with Gasteiger partial charge in [-0.25, -0.2) is 4.79 Å². The highest BCUT2D eigenvalue weighted by Crippen LogP contribution is 2.08. The van der Waals surface area contributed by atoms with Crippen molar-refractivity contribution in [2.75, 3.05) is 26.2 Å². The van der Waals surface area contributed by atoms with E-state index in [2.05, 4.69) is 10.2 Å². The molecule has 1 heterocycles. The molecule has 0 spiro atoms. The number of carbonyl (C=O) groups excluding carboxylic acids is 1. The molecule has 0 bridgehead atoms. The SMILES string of the molecule is CC(C)(C)OC(=O)NCC(N)CCN1CCCC1. The third-order valence-electron chi connectivity index (χ3n) is 2.92. The minimum absolute atomic E-state index is 0.00174. The lowest BCUT2D eigenvalue weighted by atomic mass is 10.2. The molecule has 1 rings (SSSR count). The molecule has 0 saturated carbocycles. The average molecular weight is 257 g/mol. The number of nitrogens with two attached hydrogens (primary N) is 1. The van der Waals surface area contributed by atoms with Crippen LogP contribution in [0.2, 0.25) is 0 Å². The molecular weight excluding hydrogens is 230 g/mol. The van der Waals surface area contributed by atoms with Crippen molar-refractivity contribution < 1.29 is 9.53 Å². The number of hydrogen-bond acceptors (Lipinski definition) is 4. The van der Waals surface area contributed by atoms with Gasteiger partial charge in [-0.05, 0) is 59.7 Å². The van der Waals surface area contributed by atoms with E-state index in [1.54, 1.807) is 0 Å². The van der Waals surface area contributed by atoms with E-state index in [-0.39, 0.29) is 12.1 Å². The maximum atomic E-state index is 11.4. The maximum absolute atomic E-state index is 11.4. The van der Waals surface area contributed by atoms with Crippen molar-refractivity contribution in [3.8, 4) is 0 Å². The predicted molar refractivity (Wildman–Crippen MR) is 72.5 cm³/mol. The highest BCUT2D eigenvalue weighted by molar-refractivity contribution is 5.67. The van der Waals surface area contributed by atoms with Crippen molar-refractivity contribution in [3.05, 3.63) is 0 Å². The second-order valence-electron chi connectivity index (χ2n) is 5.98. The van der Waals surface area contributed by atoms with Gasteiger partial charge in [-0.15, -0.1) is 0 Å². The van der Waals surface area contributed by atoms with Gasteiger partial charge in [0.05, 0.1) is 0 Å². The molecule has 0 radical (unpaired) electrons. The molecule has 1 amide bonds. The van der Waals surface area contributed by atoms with Gasteiger partial charge in [-0.1, -0.05) is 0 Å². The van der Waals surface area contributed by atoms with Crippen LogP contribution < -0.4 is 11.1 Å². The summed E-state index contributed by atoms with van der Waals surface area (Å²) in [6.45, 7) is 9.41. The van der Waals surface area contributed by atoms with Gasteiger partial charge >= 0.3 is 6.09 Å². The topological polar surface area (TPSA) is 67.6 Å². The van der Waals surface area contributed by atoms with Crippen LogP contribution >= 0.6 is 0 Å². The predicted octanol–water partition coefficient (Wildman–Crippen LogP) is 1.32. The molecule has 5 heteroatoms. The highest BCUT2D eigenvalue weighted by Gasteiger charge is 2.17. The minimum atomic E-state index is -0.455. The van der Waals surface area contributed by atoms with Crippen LogP contribution in [0.15, 0.2) is 0 Å². The van der Waals surface area contributed by atoms with Gasteiger partial charge in [-0.2, -0.15) is 0 Å². The molecule has 18 heavy (non-hydrogen) atoms. The maximum Gasteiger partial charge on any atom is 0.407 e. The number of carbonyl (C=O) groups is 1. The van der Waals surface area contributed by atoms with Crippen molar-refractivity contribution in [2.45, 2.75) is 51.7 Å². The number of likely N-dealkylation sites (tertiary alicyclic amines) is 1. The van der Waals surface area contributed by atoms with Crippen molar-refractivity contribution in [3.63, 3.8) is 0 Å². The van der Waals surface area contributed by atoms with Gasteiger partial charge in [0.2, 0.25) is 0 Å². The van der Waals surface area contributed by atoms with E-state index in [0.29, 0.717) is 6.54 Å². The Hall–Kier alpha value is -0.810. The second-order valence-corrected chi connectivity index (χ2v) is 5.98. The van der Waals surface area contributed by atoms with Gasteiger partial charge in [0.15, 0.2) is 0 Å². The number of hydrogen-bond donors (Lipinski definition) is 2. The summed E-state index contributed by atoms with van der Waals surface area (Å²) in [5.41, 5.74) is 5.51. The lowest BCUT2D eigenvalue weighted by Gasteiger charge is -2.21. The van der Waals surface area contributed by atoms with Crippen LogP contribution in [0.1, 0.15) is 40.0 Å². The second kappa shape index (κ2) is 6.95. The molecular formula is C13H27N3O2. The smallest absolute Gasteiger partial charge is 0.407 e. The molecule has 5 nitrogen and oxygen atoms in total. The summed E-state index contributed by atoms with van der Waals surface area (Å²) in [6, 6.07) is -0.00174. The number of alkyl carbamates (subject to hydrolysis) is 1. The Morgan fingerprint density at radius 2 is 2.00 bits per heavy atom. The summed E-state index contributed by atoms with van der Waals surface area (Å²) in [5, 5.41) is 2.71. The third kappa shape index (κ3) is 6.81. The Kier molecular flexibility index (Phi) is 5.88. The molecule has 1 fully saturated rings. The first-order valence-electron chi connectivity index (χ1n) is 6.81. The zero-order chi connectivity index (χ0) is 13.6. The van der Waals surface area contributed by atoms with Crippen LogP contribution in [-0.4, -0.2) is 48.8 Å². The van der Waals surface area contributed by atoms with Crippen molar-refractivity contribution in [1.29, 1.82) is 0 Å². The number of ether oxygens (including phenoxy) is 1. The molecule has 0 aromatic carbocycles. The standard InChI is InChI=1S/C13H27N3O2/c1-13(2,3)18-12(17)15-10-11(14)6-9-16-7-4-5-8-16/h11H,4-10,14H2,1-3H3,(H,15,17). The van der Waals surface area contributed by atoms with Crippen molar-refractivity contribution in [1.82, 2.24) is 10.2 Å². The fourth-order valence-electron chi connectivity index (χ4n) is 1.99. The lowest BCUT2D eigenvalue weighted by molar-refractivity contribution is 0.0523. The largest absolute Gasteiger partial charge is 0.444 e. The Balaban J connectivity index is 2.08. The van der Waals surface area contributed by atoms with Crippen LogP contribution in [0.4, 0.5) is 4.79 Å². The van der Waals surface area contributed by atoms with E-state index in [0.717, 1.165) is 13.0 Å². The molecule has 0 aromatic heterocycles. The van der Waals surface area contributed by atoms with Gasteiger partial charge < -0.3 is 20.7 Å². The van der Waals surface area contributed by atoms with E-state index >= 15 is 0 Å². The van der Waals surface area contributed by atoms with Gasteiger partial charge in [0, 0.05) is 12.6 Å². The quantitative estimate of drug-likeness (QED) is 0.779. The first kappa shape index (κ1) is 15.2. The van der Waals surface area contributed by atoms with E-state index in [1.165, 1.54) is 25.9 Å². The molecule has 1 unspecified atom stereocenters. The number of amides is 1. The summed E-state index contributed by atoms with van der Waals surface area (Å²) in [6.07, 6.45) is 3.12. The fraction of sp³-hybridized carbons (Fsp3) is 0.923. The fourth-order valence-corrected chi connectivity index (χ4v) is 1.99. The van der Waals surface area contributed by atoms with Crippen LogP contribution in [0.3, 0.4) is 0 Å². The van der Waals surface area contributed by atoms with Gasteiger partial charge in [-0.3, -0.25) is 0 Å². The van der Waals surface area contributed by atoms with Crippen molar-refractivity contribution >= 4 is 6.09 Å². The average Bonchev–Trinajstić information content (AvgIpc) is 2.74. The summed E-state index contributed by atoms with van der Waals surface area (Å²) in [4.78, 5) is 13.8. The lowest BCUT2D eigenvalue weighted by Crippen LogP contribution is -2.41. The summed E-state index contributed by atoms with van der Waals surface area (Å²) in [5.74, 6) is 0. The third-order valence-corrected chi connectivity index (χ3v) is 2.92. The number of nitrogens with one attached hydrogen (secondary N) is 1. The molecule has 3 N–H and O–H groups in total. The molecule has 1 aliphatic heterocycles. The van der Waals surface area contributed by atoms with Crippen molar-refractivity contribution in [2.24, 2.45) is 5.73 Å². The molecule has 1 aliphatic rings. The Bertz CT molecular complexity index is 257. The minimum Gasteiger partial charge on any atom is -0.444 e. The summed E-state index contributed by atoms with van der Waals surface area (Å²) in [7, 11) is 0. The number of nitrogens with zero attached hydrogens (tertiary/aromatic N) is 1. The Labute approximate surface area is 110 Å².